The van der Waals surface area contributed by atoms with Crippen molar-refractivity contribution in [3.05, 3.63) is 65.4 Å². The molecule has 166 valence electrons. The monoisotopic (exact) mass is 434 g/mol. The number of carbonyl (C=O) groups is 1. The lowest BCUT2D eigenvalue weighted by atomic mass is 9.77. The van der Waals surface area contributed by atoms with Crippen LogP contribution in [0.5, 0.6) is 0 Å². The van der Waals surface area contributed by atoms with Crippen LogP contribution in [-0.4, -0.2) is 46.1 Å². The van der Waals surface area contributed by atoms with Crippen molar-refractivity contribution in [2.45, 2.75) is 45.5 Å². The van der Waals surface area contributed by atoms with Gasteiger partial charge in [0.05, 0.1) is 16.9 Å². The highest BCUT2D eigenvalue weighted by molar-refractivity contribution is 6.56. The first kappa shape index (κ1) is 22.0. The molecule has 0 atom stereocenters. The van der Waals surface area contributed by atoms with E-state index in [0.29, 0.717) is 5.65 Å². The molecule has 2 N–H and O–H groups in total. The molecule has 0 spiro atoms. The number of rotatable bonds is 6. The van der Waals surface area contributed by atoms with Crippen LogP contribution < -0.4 is 5.32 Å². The van der Waals surface area contributed by atoms with Crippen LogP contribution in [0.25, 0.3) is 17.1 Å². The van der Waals surface area contributed by atoms with E-state index < -0.39 is 24.4 Å². The molecule has 32 heavy (non-hydrogen) atoms. The van der Waals surface area contributed by atoms with Gasteiger partial charge in [-0.2, -0.15) is 5.10 Å². The summed E-state index contributed by atoms with van der Waals surface area (Å²) in [7, 11) is -0.635. The van der Waals surface area contributed by atoms with Crippen LogP contribution in [0, 0.1) is 0 Å². The number of nitrogens with zero attached hydrogens (tertiary/aromatic N) is 2. The minimum atomic E-state index is -0.635. The molecular formula is C23H27BN4O4. The second-order valence-electron chi connectivity index (χ2n) is 8.73. The standard InChI is InChI=1S/C23H27BN4O4/c1-22(2)23(3,4)32-24(31-22)17(13-19-18-11-8-12-25-20(18)28-27-19)14-26-21(29)30-15-16-9-6-5-7-10-16/h5-13H,14-15H2,1-4H3,(H,26,29)(H,25,27,28). The van der Waals surface area contributed by atoms with E-state index in [1.54, 1.807) is 6.20 Å². The molecule has 1 fully saturated rings. The maximum absolute atomic E-state index is 12.3. The minimum Gasteiger partial charge on any atom is -0.445 e. The SMILES string of the molecule is CC1(C)OB(C(=Cc2[nH]nc3ncccc23)CNC(=O)OCc2ccccc2)OC1(C)C. The Morgan fingerprint density at radius 1 is 1.12 bits per heavy atom. The molecule has 9 heteroatoms. The van der Waals surface area contributed by atoms with Crippen LogP contribution in [0.1, 0.15) is 39.0 Å². The number of aromatic amines is 1. The highest BCUT2D eigenvalue weighted by Gasteiger charge is 2.52. The molecule has 0 radical (unpaired) electrons. The van der Waals surface area contributed by atoms with Crippen LogP contribution in [0.3, 0.4) is 0 Å². The van der Waals surface area contributed by atoms with Crippen molar-refractivity contribution < 1.29 is 18.8 Å². The summed E-state index contributed by atoms with van der Waals surface area (Å²) >= 11 is 0. The number of amides is 1. The first-order valence-electron chi connectivity index (χ1n) is 10.5. The number of fused-ring (bicyclic) bond motifs is 1. The summed E-state index contributed by atoms with van der Waals surface area (Å²) in [6, 6.07) is 13.3. The van der Waals surface area contributed by atoms with Crippen LogP contribution in [0.2, 0.25) is 0 Å². The Morgan fingerprint density at radius 3 is 2.56 bits per heavy atom. The summed E-state index contributed by atoms with van der Waals surface area (Å²) in [4.78, 5) is 16.6. The van der Waals surface area contributed by atoms with Gasteiger partial charge >= 0.3 is 13.2 Å². The van der Waals surface area contributed by atoms with Gasteiger partial charge < -0.3 is 19.4 Å². The molecule has 2 aromatic heterocycles. The number of alkyl carbamates (subject to hydrolysis) is 1. The topological polar surface area (TPSA) is 98.4 Å². The fourth-order valence-corrected chi connectivity index (χ4v) is 3.31. The second-order valence-corrected chi connectivity index (χ2v) is 8.73. The van der Waals surface area contributed by atoms with Gasteiger partial charge in [-0.15, -0.1) is 0 Å². The number of carbonyl (C=O) groups excluding carboxylic acids is 1. The van der Waals surface area contributed by atoms with Crippen LogP contribution in [0.4, 0.5) is 4.79 Å². The smallest absolute Gasteiger partial charge is 0.445 e. The Bertz CT molecular complexity index is 1110. The van der Waals surface area contributed by atoms with E-state index in [1.807, 2.05) is 76.2 Å². The largest absolute Gasteiger partial charge is 0.492 e. The van der Waals surface area contributed by atoms with Crippen LogP contribution in [-0.2, 0) is 20.7 Å². The summed E-state index contributed by atoms with van der Waals surface area (Å²) in [5.41, 5.74) is 2.00. The lowest BCUT2D eigenvalue weighted by Crippen LogP contribution is -2.41. The Kier molecular flexibility index (Phi) is 6.03. The summed E-state index contributed by atoms with van der Waals surface area (Å²) in [6.45, 7) is 8.33. The Hall–Kier alpha value is -3.17. The van der Waals surface area contributed by atoms with Gasteiger partial charge in [-0.05, 0) is 56.9 Å². The number of hydrogen-bond donors (Lipinski definition) is 2. The lowest BCUT2D eigenvalue weighted by molar-refractivity contribution is 0.00578. The van der Waals surface area contributed by atoms with E-state index in [-0.39, 0.29) is 13.2 Å². The van der Waals surface area contributed by atoms with Gasteiger partial charge in [0.2, 0.25) is 0 Å². The summed E-state index contributed by atoms with van der Waals surface area (Å²) < 4.78 is 17.8. The average molecular weight is 434 g/mol. The number of aromatic nitrogens is 3. The lowest BCUT2D eigenvalue weighted by Gasteiger charge is -2.32. The van der Waals surface area contributed by atoms with Crippen molar-refractivity contribution >= 4 is 30.3 Å². The highest BCUT2D eigenvalue weighted by atomic mass is 16.7. The molecule has 1 aliphatic rings. The molecule has 8 nitrogen and oxygen atoms in total. The first-order chi connectivity index (χ1) is 15.2. The zero-order chi connectivity index (χ0) is 22.8. The van der Waals surface area contributed by atoms with Crippen LogP contribution in [0.15, 0.2) is 54.1 Å². The summed E-state index contributed by atoms with van der Waals surface area (Å²) in [5.74, 6) is 0. The number of nitrogens with one attached hydrogen (secondary N) is 2. The third-order valence-electron chi connectivity index (χ3n) is 5.89. The van der Waals surface area contributed by atoms with E-state index in [2.05, 4.69) is 20.5 Å². The van der Waals surface area contributed by atoms with Crippen molar-refractivity contribution in [2.24, 2.45) is 0 Å². The van der Waals surface area contributed by atoms with E-state index in [9.17, 15) is 4.79 Å². The number of ether oxygens (including phenoxy) is 1. The normalized spacial score (nSPS) is 17.5. The molecule has 4 rings (SSSR count). The van der Waals surface area contributed by atoms with Crippen LogP contribution >= 0.6 is 0 Å². The van der Waals surface area contributed by atoms with Crippen molar-refractivity contribution in [3.63, 3.8) is 0 Å². The van der Waals surface area contributed by atoms with Crippen molar-refractivity contribution in [3.8, 4) is 0 Å². The number of H-pyrrole nitrogens is 1. The molecule has 1 amide bonds. The highest BCUT2D eigenvalue weighted by Crippen LogP contribution is 2.38. The number of hydrogen-bond acceptors (Lipinski definition) is 6. The van der Waals surface area contributed by atoms with E-state index in [1.165, 1.54) is 0 Å². The third-order valence-corrected chi connectivity index (χ3v) is 5.89. The number of benzene rings is 1. The molecule has 0 saturated carbocycles. The second kappa shape index (κ2) is 8.76. The summed E-state index contributed by atoms with van der Waals surface area (Å²) in [6.07, 6.45) is 3.06. The van der Waals surface area contributed by atoms with Crippen molar-refractivity contribution in [2.75, 3.05) is 6.54 Å². The van der Waals surface area contributed by atoms with Crippen molar-refractivity contribution in [1.82, 2.24) is 20.5 Å². The zero-order valence-electron chi connectivity index (χ0n) is 18.7. The molecule has 0 bridgehead atoms. The third kappa shape index (κ3) is 4.68. The van der Waals surface area contributed by atoms with E-state index in [0.717, 1.165) is 22.1 Å². The predicted octanol–water partition coefficient (Wildman–Crippen LogP) is 3.90. The van der Waals surface area contributed by atoms with E-state index >= 15 is 0 Å². The van der Waals surface area contributed by atoms with Gasteiger partial charge in [-0.3, -0.25) is 5.10 Å². The zero-order valence-corrected chi connectivity index (χ0v) is 18.7. The molecule has 1 aliphatic heterocycles. The molecule has 0 unspecified atom stereocenters. The minimum absolute atomic E-state index is 0.186. The average Bonchev–Trinajstić information content (AvgIpc) is 3.27. The molecule has 1 aromatic carbocycles. The molecule has 0 aliphatic carbocycles. The summed E-state index contributed by atoms with van der Waals surface area (Å²) in [5, 5.41) is 10.9. The Labute approximate surface area is 187 Å². The fraction of sp³-hybridized carbons (Fsp3) is 0.348. The molecule has 1 saturated heterocycles. The fourth-order valence-electron chi connectivity index (χ4n) is 3.31. The van der Waals surface area contributed by atoms with Gasteiger partial charge in [0.15, 0.2) is 5.65 Å². The molecule has 3 aromatic rings. The van der Waals surface area contributed by atoms with Gasteiger partial charge in [-0.25, -0.2) is 9.78 Å². The van der Waals surface area contributed by atoms with Crippen molar-refractivity contribution in [1.29, 1.82) is 0 Å². The molecule has 3 heterocycles. The first-order valence-corrected chi connectivity index (χ1v) is 10.5. The maximum atomic E-state index is 12.3. The maximum Gasteiger partial charge on any atom is 0.492 e. The predicted molar refractivity (Wildman–Crippen MR) is 123 cm³/mol. The van der Waals surface area contributed by atoms with Gasteiger partial charge in [0, 0.05) is 18.1 Å². The number of pyridine rings is 1. The van der Waals surface area contributed by atoms with E-state index in [4.69, 9.17) is 14.0 Å². The van der Waals surface area contributed by atoms with Gasteiger partial charge in [0.25, 0.3) is 0 Å². The quantitative estimate of drug-likeness (QED) is 0.571. The van der Waals surface area contributed by atoms with Gasteiger partial charge in [-0.1, -0.05) is 30.3 Å². The Balaban J connectivity index is 1.52. The molecular weight excluding hydrogens is 407 g/mol. The van der Waals surface area contributed by atoms with Gasteiger partial charge in [0.1, 0.15) is 6.61 Å². The Morgan fingerprint density at radius 2 is 1.84 bits per heavy atom.